The fourth-order valence-corrected chi connectivity index (χ4v) is 6.52. The van der Waals surface area contributed by atoms with Gasteiger partial charge in [-0.15, -0.1) is 0 Å². The Morgan fingerprint density at radius 1 is 1.12 bits per heavy atom. The summed E-state index contributed by atoms with van der Waals surface area (Å²) in [5.74, 6) is -3.21. The van der Waals surface area contributed by atoms with Crippen molar-refractivity contribution in [3.63, 3.8) is 0 Å². The Kier molecular flexibility index (Phi) is 9.15. The normalized spacial score (nSPS) is 21.3. The number of aliphatic hydroxyl groups excluding tert-OH is 2. The van der Waals surface area contributed by atoms with E-state index in [1.165, 1.54) is 30.3 Å². The number of aliphatic hydroxyl groups is 2. The van der Waals surface area contributed by atoms with E-state index in [1.807, 2.05) is 25.1 Å². The maximum atomic E-state index is 13.7. The molecule has 5 N–H and O–H groups in total. The first-order valence-corrected chi connectivity index (χ1v) is 14.4. The molecule has 4 atom stereocenters. The average Bonchev–Trinajstić information content (AvgIpc) is 3.24. The van der Waals surface area contributed by atoms with Crippen LogP contribution in [0.3, 0.4) is 0 Å². The second kappa shape index (κ2) is 12.8. The summed E-state index contributed by atoms with van der Waals surface area (Å²) in [6.07, 6.45) is 3.40. The highest BCUT2D eigenvalue weighted by atomic mass is 35.5. The molecule has 0 radical (unpaired) electrons. The molecule has 0 spiro atoms. The van der Waals surface area contributed by atoms with Gasteiger partial charge in [0.15, 0.2) is 0 Å². The van der Waals surface area contributed by atoms with E-state index < -0.39 is 49.4 Å². The number of phenolic OH excluding ortho intramolecular Hbond substituents is 1. The predicted molar refractivity (Wildman–Crippen MR) is 164 cm³/mol. The van der Waals surface area contributed by atoms with Gasteiger partial charge in [0.2, 0.25) is 11.8 Å². The topological polar surface area (TPSA) is 151 Å². The van der Waals surface area contributed by atoms with Crippen molar-refractivity contribution in [2.24, 2.45) is 17.8 Å². The number of allylic oxidation sites excluding steroid dienone is 2. The molecule has 1 saturated heterocycles. The van der Waals surface area contributed by atoms with Crippen LogP contribution in [0.15, 0.2) is 78.0 Å². The van der Waals surface area contributed by atoms with Gasteiger partial charge in [0.25, 0.3) is 0 Å². The van der Waals surface area contributed by atoms with Crippen LogP contribution in [-0.4, -0.2) is 62.0 Å². The Morgan fingerprint density at radius 3 is 2.58 bits per heavy atom. The Hall–Kier alpha value is -3.80. The number of phenols is 1. The highest BCUT2D eigenvalue weighted by Crippen LogP contribution is 2.47. The van der Waals surface area contributed by atoms with E-state index in [2.05, 4.69) is 4.98 Å². The Bertz CT molecular complexity index is 1590. The van der Waals surface area contributed by atoms with Crippen LogP contribution in [0.25, 0.3) is 11.6 Å². The van der Waals surface area contributed by atoms with E-state index in [1.54, 1.807) is 24.4 Å². The van der Waals surface area contributed by atoms with Gasteiger partial charge in [-0.1, -0.05) is 35.4 Å². The summed E-state index contributed by atoms with van der Waals surface area (Å²) < 4.78 is 0. The zero-order chi connectivity index (χ0) is 30.8. The van der Waals surface area contributed by atoms with Crippen LogP contribution in [0.2, 0.25) is 5.02 Å². The van der Waals surface area contributed by atoms with Gasteiger partial charge in [0.1, 0.15) is 5.75 Å². The van der Waals surface area contributed by atoms with Crippen LogP contribution >= 0.6 is 11.6 Å². The van der Waals surface area contributed by atoms with Crippen LogP contribution in [-0.2, 0) is 9.59 Å². The molecule has 2 aliphatic rings. The van der Waals surface area contributed by atoms with E-state index in [-0.39, 0.29) is 29.7 Å². The molecule has 2 amide bonds. The molecule has 5 rings (SSSR count). The van der Waals surface area contributed by atoms with Crippen LogP contribution in [0, 0.1) is 17.8 Å². The van der Waals surface area contributed by atoms with Gasteiger partial charge in [0.05, 0.1) is 41.0 Å². The third-order valence-corrected chi connectivity index (χ3v) is 8.63. The monoisotopic (exact) mass is 602 g/mol. The number of amides is 2. The minimum atomic E-state index is -1.76. The van der Waals surface area contributed by atoms with Crippen molar-refractivity contribution in [3.8, 4) is 5.75 Å². The molecular formula is C32H32BClN2O7. The lowest BCUT2D eigenvalue weighted by Crippen LogP contribution is -2.39. The van der Waals surface area contributed by atoms with Gasteiger partial charge in [0, 0.05) is 12.1 Å². The van der Waals surface area contributed by atoms with E-state index in [9.17, 15) is 35.0 Å². The third-order valence-electron chi connectivity index (χ3n) is 8.31. The maximum absolute atomic E-state index is 13.7. The molecule has 1 aliphatic carbocycles. The molecule has 2 aromatic carbocycles. The number of nitrogens with zero attached hydrogens (tertiary/aromatic N) is 2. The smallest absolute Gasteiger partial charge is 0.488 e. The quantitative estimate of drug-likeness (QED) is 0.142. The highest BCUT2D eigenvalue weighted by molar-refractivity contribution is 6.58. The number of aromatic nitrogens is 1. The lowest BCUT2D eigenvalue weighted by atomic mass is 9.68. The lowest BCUT2D eigenvalue weighted by molar-refractivity contribution is -0.123. The minimum absolute atomic E-state index is 0.0437. The molecule has 2 heterocycles. The number of carbonyl (C=O) groups is 2. The Morgan fingerprint density at radius 2 is 1.91 bits per heavy atom. The molecule has 43 heavy (non-hydrogen) atoms. The van der Waals surface area contributed by atoms with E-state index in [4.69, 9.17) is 11.6 Å². The van der Waals surface area contributed by atoms with E-state index in [0.29, 0.717) is 28.3 Å². The summed E-state index contributed by atoms with van der Waals surface area (Å²) in [5.41, 5.74) is 3.83. The zero-order valence-corrected chi connectivity index (χ0v) is 24.2. The fraction of sp³-hybridized carbons (Fsp3) is 0.281. The van der Waals surface area contributed by atoms with Crippen molar-refractivity contribution in [1.29, 1.82) is 0 Å². The van der Waals surface area contributed by atoms with Crippen molar-refractivity contribution in [1.82, 2.24) is 4.98 Å². The molecule has 222 valence electrons. The molecule has 0 unspecified atom stereocenters. The van der Waals surface area contributed by atoms with Crippen LogP contribution in [0.1, 0.15) is 37.4 Å². The van der Waals surface area contributed by atoms with Crippen molar-refractivity contribution < 1.29 is 35.0 Å². The molecule has 3 aromatic rings. The van der Waals surface area contributed by atoms with Gasteiger partial charge in [-0.05, 0) is 96.9 Å². The summed E-state index contributed by atoms with van der Waals surface area (Å²) in [7, 11) is -1.76. The Balaban J connectivity index is 1.41. The molecule has 1 fully saturated rings. The molecule has 0 bridgehead atoms. The SMILES string of the molecule is CC1=C([C@H](O)CC/C(=C/c2ccc(O)cc2Cl)c2ccccn2)[C@H](CO)[C@@H]2C(=O)N(c3cccc(B(O)O)c3)C(=O)[C@@H]2C1. The second-order valence-corrected chi connectivity index (χ2v) is 11.4. The molecule has 1 aromatic heterocycles. The second-order valence-electron chi connectivity index (χ2n) is 11.0. The number of benzene rings is 2. The third kappa shape index (κ3) is 6.15. The number of carbonyl (C=O) groups excluding carboxylic acids is 2. The summed E-state index contributed by atoms with van der Waals surface area (Å²) in [6, 6.07) is 16.1. The lowest BCUT2D eigenvalue weighted by Gasteiger charge is -2.35. The first-order valence-electron chi connectivity index (χ1n) is 14.0. The minimum Gasteiger partial charge on any atom is -0.508 e. The first kappa shape index (κ1) is 30.7. The van der Waals surface area contributed by atoms with Crippen molar-refractivity contribution in [2.45, 2.75) is 32.3 Å². The van der Waals surface area contributed by atoms with E-state index >= 15 is 0 Å². The Labute approximate surface area is 254 Å². The average molecular weight is 603 g/mol. The summed E-state index contributed by atoms with van der Waals surface area (Å²) in [5, 5.41) is 51.3. The highest BCUT2D eigenvalue weighted by Gasteiger charge is 2.54. The van der Waals surface area contributed by atoms with E-state index in [0.717, 1.165) is 16.0 Å². The number of fused-ring (bicyclic) bond motifs is 1. The van der Waals surface area contributed by atoms with Crippen LogP contribution in [0.4, 0.5) is 5.69 Å². The number of aromatic hydroxyl groups is 1. The number of imide groups is 1. The number of hydrogen-bond acceptors (Lipinski definition) is 8. The summed E-state index contributed by atoms with van der Waals surface area (Å²) in [4.78, 5) is 32.7. The molecule has 1 aliphatic heterocycles. The van der Waals surface area contributed by atoms with Crippen molar-refractivity contribution in [2.75, 3.05) is 11.5 Å². The maximum Gasteiger partial charge on any atom is 0.488 e. The van der Waals surface area contributed by atoms with Gasteiger partial charge in [-0.3, -0.25) is 19.5 Å². The van der Waals surface area contributed by atoms with Crippen molar-refractivity contribution in [3.05, 3.63) is 94.3 Å². The summed E-state index contributed by atoms with van der Waals surface area (Å²) in [6.45, 7) is 1.38. The van der Waals surface area contributed by atoms with Gasteiger partial charge in [-0.2, -0.15) is 0 Å². The van der Waals surface area contributed by atoms with Crippen LogP contribution in [0.5, 0.6) is 5.75 Å². The van der Waals surface area contributed by atoms with Gasteiger partial charge in [-0.25, -0.2) is 0 Å². The fourth-order valence-electron chi connectivity index (χ4n) is 6.29. The van der Waals surface area contributed by atoms with Crippen LogP contribution < -0.4 is 10.4 Å². The number of halogens is 1. The van der Waals surface area contributed by atoms with Gasteiger partial charge < -0.3 is 25.4 Å². The van der Waals surface area contributed by atoms with Crippen molar-refractivity contribution >= 4 is 53.3 Å². The number of rotatable bonds is 9. The molecule has 9 nitrogen and oxygen atoms in total. The first-order chi connectivity index (χ1) is 20.6. The molecule has 0 saturated carbocycles. The van der Waals surface area contributed by atoms with Gasteiger partial charge >= 0.3 is 7.12 Å². The number of anilines is 1. The standard InChI is InChI=1S/C32H32BClN2O7/c1-18-13-24-30(32(41)36(31(24)40)22-6-4-5-21(15-22)33(42)43)25(17-37)29(18)28(39)11-9-20(27-7-2-3-12-35-27)14-19-8-10-23(38)16-26(19)34/h2-8,10,12,14-16,24-25,28,30,37-39,42-43H,9,11,13,17H2,1H3/b20-14-/t24-,25+,28-,30-/m1/s1. The molecular weight excluding hydrogens is 571 g/mol. The zero-order valence-electron chi connectivity index (χ0n) is 23.5. The number of pyridine rings is 1. The number of hydrogen-bond donors (Lipinski definition) is 5. The molecule has 11 heteroatoms. The predicted octanol–water partition coefficient (Wildman–Crippen LogP) is 2.94. The largest absolute Gasteiger partial charge is 0.508 e. The summed E-state index contributed by atoms with van der Waals surface area (Å²) >= 11 is 6.36.